The predicted molar refractivity (Wildman–Crippen MR) is 71.4 cm³/mol. The molecule has 1 heterocycles. The Hall–Kier alpha value is -1.22. The van der Waals surface area contributed by atoms with Gasteiger partial charge >= 0.3 is 0 Å². The zero-order chi connectivity index (χ0) is 12.8. The van der Waals surface area contributed by atoms with E-state index >= 15 is 0 Å². The van der Waals surface area contributed by atoms with Crippen molar-refractivity contribution in [2.75, 3.05) is 11.6 Å². The number of nitrogens with two attached hydrogens (primary N) is 1. The van der Waals surface area contributed by atoms with Crippen LogP contribution in [0.4, 0.5) is 0 Å². The molecule has 2 rings (SSSR count). The summed E-state index contributed by atoms with van der Waals surface area (Å²) < 4.78 is 1.53. The van der Waals surface area contributed by atoms with Crippen LogP contribution < -0.4 is 5.84 Å². The van der Waals surface area contributed by atoms with Crippen molar-refractivity contribution in [3.8, 4) is 6.07 Å². The van der Waals surface area contributed by atoms with Crippen molar-refractivity contribution in [3.05, 3.63) is 5.82 Å². The Morgan fingerprint density at radius 3 is 2.83 bits per heavy atom. The molecular formula is C12H19N5S. The summed E-state index contributed by atoms with van der Waals surface area (Å²) in [5.41, 5.74) is 0. The third kappa shape index (κ3) is 3.39. The highest BCUT2D eigenvalue weighted by molar-refractivity contribution is 7.99. The third-order valence-corrected chi connectivity index (χ3v) is 4.31. The normalized spacial score (nSPS) is 16.6. The topological polar surface area (TPSA) is 80.5 Å². The van der Waals surface area contributed by atoms with Crippen molar-refractivity contribution >= 4 is 11.8 Å². The van der Waals surface area contributed by atoms with E-state index < -0.39 is 0 Å². The van der Waals surface area contributed by atoms with Gasteiger partial charge in [-0.3, -0.25) is 0 Å². The Balaban J connectivity index is 1.85. The molecular weight excluding hydrogens is 246 g/mol. The van der Waals surface area contributed by atoms with Gasteiger partial charge in [-0.1, -0.05) is 43.9 Å². The maximum Gasteiger partial charge on any atom is 0.210 e. The highest BCUT2D eigenvalue weighted by Crippen LogP contribution is 2.27. The van der Waals surface area contributed by atoms with Crippen LogP contribution in [0.1, 0.15) is 44.3 Å². The monoisotopic (exact) mass is 265 g/mol. The summed E-state index contributed by atoms with van der Waals surface area (Å²) in [4.78, 5) is 0. The average molecular weight is 265 g/mol. The first-order valence-electron chi connectivity index (χ1n) is 6.50. The third-order valence-electron chi connectivity index (χ3n) is 3.50. The fourth-order valence-corrected chi connectivity index (χ4v) is 3.02. The molecule has 0 bridgehead atoms. The van der Waals surface area contributed by atoms with E-state index in [1.165, 1.54) is 48.5 Å². The summed E-state index contributed by atoms with van der Waals surface area (Å²) in [5.74, 6) is 7.94. The van der Waals surface area contributed by atoms with Crippen LogP contribution in [-0.2, 0) is 6.42 Å². The van der Waals surface area contributed by atoms with Gasteiger partial charge in [0.05, 0.1) is 11.8 Å². The van der Waals surface area contributed by atoms with Crippen LogP contribution in [0.15, 0.2) is 5.16 Å². The second-order valence-corrected chi connectivity index (χ2v) is 5.70. The largest absolute Gasteiger partial charge is 0.336 e. The molecule has 5 nitrogen and oxygen atoms in total. The number of thioether (sulfide) groups is 1. The lowest BCUT2D eigenvalue weighted by Crippen LogP contribution is -2.16. The standard InChI is InChI=1S/C12H19N5S/c13-8-9-18-12-16-15-11(17(12)14)7-6-10-4-2-1-3-5-10/h10H,1-7,9,14H2. The zero-order valence-corrected chi connectivity index (χ0v) is 11.3. The Morgan fingerprint density at radius 2 is 2.11 bits per heavy atom. The Bertz CT molecular complexity index is 417. The van der Waals surface area contributed by atoms with Gasteiger partial charge in [0, 0.05) is 6.42 Å². The zero-order valence-electron chi connectivity index (χ0n) is 10.5. The van der Waals surface area contributed by atoms with E-state index in [0.29, 0.717) is 10.9 Å². The highest BCUT2D eigenvalue weighted by Gasteiger charge is 2.16. The SMILES string of the molecule is N#CCSc1nnc(CCC2CCCCC2)n1N. The molecule has 1 saturated carbocycles. The van der Waals surface area contributed by atoms with Gasteiger partial charge in [0.1, 0.15) is 0 Å². The van der Waals surface area contributed by atoms with Crippen LogP contribution in [0.25, 0.3) is 0 Å². The van der Waals surface area contributed by atoms with Crippen molar-refractivity contribution in [2.24, 2.45) is 5.92 Å². The van der Waals surface area contributed by atoms with Crippen LogP contribution in [0.2, 0.25) is 0 Å². The van der Waals surface area contributed by atoms with E-state index in [9.17, 15) is 0 Å². The number of aryl methyl sites for hydroxylation is 1. The molecule has 1 fully saturated rings. The summed E-state index contributed by atoms with van der Waals surface area (Å²) in [7, 11) is 0. The van der Waals surface area contributed by atoms with Gasteiger partial charge in [0.25, 0.3) is 0 Å². The molecule has 0 radical (unpaired) electrons. The first-order chi connectivity index (χ1) is 8.81. The van der Waals surface area contributed by atoms with Crippen molar-refractivity contribution in [2.45, 2.75) is 50.1 Å². The summed E-state index contributed by atoms with van der Waals surface area (Å²) in [6.45, 7) is 0. The van der Waals surface area contributed by atoms with Crippen molar-refractivity contribution in [1.29, 1.82) is 5.26 Å². The first-order valence-corrected chi connectivity index (χ1v) is 7.49. The summed E-state index contributed by atoms with van der Waals surface area (Å²) >= 11 is 1.33. The van der Waals surface area contributed by atoms with Crippen LogP contribution in [-0.4, -0.2) is 20.6 Å². The fourth-order valence-electron chi connectivity index (χ4n) is 2.48. The maximum absolute atomic E-state index is 8.53. The highest BCUT2D eigenvalue weighted by atomic mass is 32.2. The molecule has 1 aliphatic carbocycles. The van der Waals surface area contributed by atoms with Crippen LogP contribution in [0.5, 0.6) is 0 Å². The predicted octanol–water partition coefficient (Wildman–Crippen LogP) is 2.12. The second-order valence-electron chi connectivity index (χ2n) is 4.76. The molecule has 0 saturated heterocycles. The Labute approximate surface area is 112 Å². The Kier molecular flexibility index (Phi) is 4.88. The first kappa shape index (κ1) is 13.2. The molecule has 2 N–H and O–H groups in total. The van der Waals surface area contributed by atoms with E-state index in [4.69, 9.17) is 11.1 Å². The molecule has 1 aromatic rings. The number of nitriles is 1. The number of nitrogens with zero attached hydrogens (tertiary/aromatic N) is 4. The molecule has 0 unspecified atom stereocenters. The van der Waals surface area contributed by atoms with Gasteiger partial charge in [-0.05, 0) is 12.3 Å². The van der Waals surface area contributed by atoms with E-state index in [-0.39, 0.29) is 0 Å². The van der Waals surface area contributed by atoms with Crippen LogP contribution in [0, 0.1) is 17.2 Å². The lowest BCUT2D eigenvalue weighted by molar-refractivity contribution is 0.336. The van der Waals surface area contributed by atoms with Gasteiger partial charge in [-0.2, -0.15) is 5.26 Å². The minimum absolute atomic E-state index is 0.359. The minimum Gasteiger partial charge on any atom is -0.336 e. The lowest BCUT2D eigenvalue weighted by Gasteiger charge is -2.20. The number of hydrogen-bond acceptors (Lipinski definition) is 5. The molecule has 0 atom stereocenters. The Morgan fingerprint density at radius 1 is 1.33 bits per heavy atom. The van der Waals surface area contributed by atoms with E-state index in [0.717, 1.165) is 24.6 Å². The molecule has 0 aliphatic heterocycles. The van der Waals surface area contributed by atoms with Crippen LogP contribution in [0.3, 0.4) is 0 Å². The molecule has 1 aromatic heterocycles. The number of aromatic nitrogens is 3. The van der Waals surface area contributed by atoms with E-state index in [1.807, 2.05) is 0 Å². The number of hydrogen-bond donors (Lipinski definition) is 1. The van der Waals surface area contributed by atoms with Gasteiger partial charge in [-0.25, -0.2) is 4.68 Å². The number of rotatable bonds is 5. The fraction of sp³-hybridized carbons (Fsp3) is 0.750. The van der Waals surface area contributed by atoms with Gasteiger partial charge < -0.3 is 5.84 Å². The molecule has 0 aromatic carbocycles. The van der Waals surface area contributed by atoms with Gasteiger partial charge in [0.2, 0.25) is 5.16 Å². The molecule has 6 heteroatoms. The maximum atomic E-state index is 8.53. The average Bonchev–Trinajstić information content (AvgIpc) is 2.76. The second kappa shape index (κ2) is 6.64. The van der Waals surface area contributed by atoms with E-state index in [2.05, 4.69) is 16.3 Å². The van der Waals surface area contributed by atoms with Gasteiger partial charge in [0.15, 0.2) is 5.82 Å². The van der Waals surface area contributed by atoms with Crippen molar-refractivity contribution < 1.29 is 0 Å². The van der Waals surface area contributed by atoms with E-state index in [1.54, 1.807) is 0 Å². The quantitative estimate of drug-likeness (QED) is 0.651. The lowest BCUT2D eigenvalue weighted by atomic mass is 9.86. The van der Waals surface area contributed by atoms with Gasteiger partial charge in [-0.15, -0.1) is 10.2 Å². The smallest absolute Gasteiger partial charge is 0.210 e. The minimum atomic E-state index is 0.359. The molecule has 0 amide bonds. The molecule has 18 heavy (non-hydrogen) atoms. The van der Waals surface area contributed by atoms with Crippen LogP contribution >= 0.6 is 11.8 Å². The summed E-state index contributed by atoms with van der Waals surface area (Å²) in [5, 5.41) is 17.3. The van der Waals surface area contributed by atoms with Crippen molar-refractivity contribution in [1.82, 2.24) is 14.9 Å². The van der Waals surface area contributed by atoms with Crippen molar-refractivity contribution in [3.63, 3.8) is 0 Å². The number of nitrogen functional groups attached to an aromatic ring is 1. The molecule has 98 valence electrons. The summed E-state index contributed by atoms with van der Waals surface area (Å²) in [6.07, 6.45) is 8.84. The molecule has 0 spiro atoms. The molecule has 1 aliphatic rings. The summed E-state index contributed by atoms with van der Waals surface area (Å²) in [6, 6.07) is 2.06.